The Morgan fingerprint density at radius 3 is 2.58 bits per heavy atom. The van der Waals surface area contributed by atoms with Crippen molar-refractivity contribution in [3.8, 4) is 22.7 Å². The number of nitrogen functional groups attached to an aromatic ring is 1. The van der Waals surface area contributed by atoms with Crippen molar-refractivity contribution >= 4 is 39.2 Å². The highest BCUT2D eigenvalue weighted by molar-refractivity contribution is 6.31. The monoisotopic (exact) mass is 435 g/mol. The first-order chi connectivity index (χ1) is 14.9. The summed E-state index contributed by atoms with van der Waals surface area (Å²) in [6, 6.07) is 7.61. The number of aryl methyl sites for hydroxylation is 2. The lowest BCUT2D eigenvalue weighted by atomic mass is 10.0. The number of anilines is 1. The largest absolute Gasteiger partial charge is 0.480 e. The van der Waals surface area contributed by atoms with Crippen molar-refractivity contribution in [1.82, 2.24) is 28.9 Å². The van der Waals surface area contributed by atoms with E-state index in [4.69, 9.17) is 22.1 Å². The van der Waals surface area contributed by atoms with Crippen molar-refractivity contribution in [2.24, 2.45) is 14.1 Å². The van der Waals surface area contributed by atoms with Gasteiger partial charge in [-0.15, -0.1) is 0 Å². The maximum Gasteiger partial charge on any atom is 0.333 e. The zero-order chi connectivity index (χ0) is 21.9. The van der Waals surface area contributed by atoms with Crippen LogP contribution in [0.3, 0.4) is 0 Å². The number of nitrogens with two attached hydrogens (primary N) is 1. The number of methoxy groups -OCH3 is 1. The maximum atomic E-state index is 13.1. The molecule has 0 saturated carbocycles. The molecule has 31 heavy (non-hydrogen) atoms. The summed E-state index contributed by atoms with van der Waals surface area (Å²) in [6.07, 6.45) is 5.10. The van der Waals surface area contributed by atoms with Crippen LogP contribution in [0, 0.1) is 0 Å². The summed E-state index contributed by atoms with van der Waals surface area (Å²) in [7, 11) is 4.98. The van der Waals surface area contributed by atoms with Crippen LogP contribution in [-0.2, 0) is 14.1 Å². The molecule has 2 N–H and O–H groups in total. The number of aromatic nitrogens is 6. The highest BCUT2D eigenvalue weighted by Gasteiger charge is 2.20. The van der Waals surface area contributed by atoms with E-state index >= 15 is 0 Å². The lowest BCUT2D eigenvalue weighted by Crippen LogP contribution is -2.20. The van der Waals surface area contributed by atoms with Gasteiger partial charge in [-0.3, -0.25) is 18.8 Å². The summed E-state index contributed by atoms with van der Waals surface area (Å²) in [6.45, 7) is 0. The minimum atomic E-state index is -0.236. The number of fused-ring (bicyclic) bond motifs is 3. The predicted molar refractivity (Wildman–Crippen MR) is 120 cm³/mol. The van der Waals surface area contributed by atoms with Crippen LogP contribution in [0.4, 0.5) is 5.69 Å². The standard InChI is InChI=1S/C21H18ClN7O2/c1-27-10-17(19(22)26-27)29-18-13-6-11(12-7-14(23)20(31-3)25-8-12)4-5-15(13)24-9-16(18)28(2)21(29)30/h4-10H,23H2,1-3H3. The van der Waals surface area contributed by atoms with Crippen molar-refractivity contribution in [2.45, 2.75) is 0 Å². The molecule has 4 aromatic heterocycles. The van der Waals surface area contributed by atoms with Crippen molar-refractivity contribution in [1.29, 1.82) is 0 Å². The lowest BCUT2D eigenvalue weighted by Gasteiger charge is -2.09. The maximum absolute atomic E-state index is 13.1. The Morgan fingerprint density at radius 2 is 1.90 bits per heavy atom. The number of rotatable bonds is 3. The second-order valence-electron chi connectivity index (χ2n) is 7.20. The fourth-order valence-corrected chi connectivity index (χ4v) is 4.05. The molecule has 9 nitrogen and oxygen atoms in total. The third kappa shape index (κ3) is 2.85. The molecule has 0 atom stereocenters. The van der Waals surface area contributed by atoms with Crippen molar-refractivity contribution in [2.75, 3.05) is 12.8 Å². The normalized spacial score (nSPS) is 11.5. The first-order valence-corrected chi connectivity index (χ1v) is 9.76. The molecule has 0 saturated heterocycles. The quantitative estimate of drug-likeness (QED) is 0.467. The average Bonchev–Trinajstić information content (AvgIpc) is 3.22. The first kappa shape index (κ1) is 19.1. The molecule has 10 heteroatoms. The lowest BCUT2D eigenvalue weighted by molar-refractivity contribution is 0.400. The SMILES string of the molecule is COc1ncc(-c2ccc3ncc4c(c3c2)n(-c2cn(C)nc2Cl)c(=O)n4C)cc1N. The van der Waals surface area contributed by atoms with E-state index in [0.29, 0.717) is 28.3 Å². The highest BCUT2D eigenvalue weighted by Crippen LogP contribution is 2.32. The molecule has 0 aliphatic heterocycles. The van der Waals surface area contributed by atoms with E-state index in [1.807, 2.05) is 18.2 Å². The Labute approximate surface area is 181 Å². The summed E-state index contributed by atoms with van der Waals surface area (Å²) in [5.74, 6) is 0.372. The van der Waals surface area contributed by atoms with Crippen LogP contribution < -0.4 is 16.2 Å². The molecule has 0 bridgehead atoms. The van der Waals surface area contributed by atoms with Gasteiger partial charge in [-0.1, -0.05) is 17.7 Å². The molecule has 1 aromatic carbocycles. The van der Waals surface area contributed by atoms with Crippen LogP contribution in [0.2, 0.25) is 5.15 Å². The molecule has 0 aliphatic carbocycles. The zero-order valence-electron chi connectivity index (χ0n) is 17.0. The van der Waals surface area contributed by atoms with Gasteiger partial charge in [0, 0.05) is 31.2 Å². The number of pyridine rings is 2. The molecule has 0 aliphatic rings. The highest BCUT2D eigenvalue weighted by atomic mass is 35.5. The van der Waals surface area contributed by atoms with E-state index in [0.717, 1.165) is 22.0 Å². The summed E-state index contributed by atoms with van der Waals surface area (Å²) < 4.78 is 9.84. The topological polar surface area (TPSA) is 106 Å². The summed E-state index contributed by atoms with van der Waals surface area (Å²) in [5.41, 5.74) is 10.6. The molecular formula is C21H18ClN7O2. The van der Waals surface area contributed by atoms with Gasteiger partial charge >= 0.3 is 5.69 Å². The van der Waals surface area contributed by atoms with Gasteiger partial charge in [0.2, 0.25) is 5.88 Å². The molecule has 0 unspecified atom stereocenters. The molecule has 5 rings (SSSR count). The summed E-state index contributed by atoms with van der Waals surface area (Å²) in [4.78, 5) is 21.9. The van der Waals surface area contributed by atoms with Crippen LogP contribution in [0.5, 0.6) is 5.88 Å². The zero-order valence-corrected chi connectivity index (χ0v) is 17.8. The minimum absolute atomic E-state index is 0.236. The number of nitrogens with zero attached hydrogens (tertiary/aromatic N) is 6. The van der Waals surface area contributed by atoms with Gasteiger partial charge in [0.25, 0.3) is 0 Å². The minimum Gasteiger partial charge on any atom is -0.480 e. The van der Waals surface area contributed by atoms with Crippen molar-refractivity contribution in [3.63, 3.8) is 0 Å². The van der Waals surface area contributed by atoms with E-state index in [1.165, 1.54) is 7.11 Å². The van der Waals surface area contributed by atoms with Crippen LogP contribution >= 0.6 is 11.6 Å². The number of halogens is 1. The van der Waals surface area contributed by atoms with E-state index in [-0.39, 0.29) is 10.8 Å². The molecule has 0 radical (unpaired) electrons. The Bertz CT molecular complexity index is 1550. The van der Waals surface area contributed by atoms with E-state index < -0.39 is 0 Å². The van der Waals surface area contributed by atoms with Crippen LogP contribution in [-0.4, -0.2) is 36.0 Å². The Hall–Kier alpha value is -3.85. The van der Waals surface area contributed by atoms with Crippen LogP contribution in [0.15, 0.2) is 47.7 Å². The summed E-state index contributed by atoms with van der Waals surface area (Å²) >= 11 is 6.33. The molecule has 156 valence electrons. The molecular weight excluding hydrogens is 418 g/mol. The Kier molecular flexibility index (Phi) is 4.23. The molecule has 0 spiro atoms. The predicted octanol–water partition coefficient (Wildman–Crippen LogP) is 2.92. The third-order valence-corrected chi connectivity index (χ3v) is 5.57. The Balaban J connectivity index is 1.84. The third-order valence-electron chi connectivity index (χ3n) is 5.30. The second-order valence-corrected chi connectivity index (χ2v) is 7.56. The van der Waals surface area contributed by atoms with Gasteiger partial charge in [-0.25, -0.2) is 9.78 Å². The molecule has 5 aromatic rings. The number of imidazole rings is 1. The summed E-state index contributed by atoms with van der Waals surface area (Å²) in [5, 5.41) is 5.21. The fourth-order valence-electron chi connectivity index (χ4n) is 3.80. The van der Waals surface area contributed by atoms with Crippen molar-refractivity contribution < 1.29 is 4.74 Å². The number of hydrogen-bond acceptors (Lipinski definition) is 6. The van der Waals surface area contributed by atoms with Gasteiger partial charge in [0.1, 0.15) is 5.69 Å². The average molecular weight is 436 g/mol. The van der Waals surface area contributed by atoms with Gasteiger partial charge in [-0.05, 0) is 23.8 Å². The van der Waals surface area contributed by atoms with Gasteiger partial charge in [0.15, 0.2) is 5.15 Å². The Morgan fingerprint density at radius 1 is 1.10 bits per heavy atom. The van der Waals surface area contributed by atoms with E-state index in [9.17, 15) is 4.79 Å². The van der Waals surface area contributed by atoms with Crippen LogP contribution in [0.1, 0.15) is 0 Å². The second kappa shape index (κ2) is 6.85. The molecule has 4 heterocycles. The van der Waals surface area contributed by atoms with Crippen molar-refractivity contribution in [3.05, 3.63) is 58.5 Å². The van der Waals surface area contributed by atoms with Crippen LogP contribution in [0.25, 0.3) is 38.8 Å². The molecule has 0 fully saturated rings. The van der Waals surface area contributed by atoms with E-state index in [2.05, 4.69) is 15.1 Å². The van der Waals surface area contributed by atoms with Gasteiger partial charge < -0.3 is 10.5 Å². The number of hydrogen-bond donors (Lipinski definition) is 1. The number of ether oxygens (including phenoxy) is 1. The van der Waals surface area contributed by atoms with Gasteiger partial charge in [0.05, 0.1) is 41.7 Å². The van der Waals surface area contributed by atoms with E-state index in [1.54, 1.807) is 52.6 Å². The smallest absolute Gasteiger partial charge is 0.333 e. The van der Waals surface area contributed by atoms with Gasteiger partial charge in [-0.2, -0.15) is 5.10 Å². The molecule has 0 amide bonds. The first-order valence-electron chi connectivity index (χ1n) is 9.38. The number of benzene rings is 1. The fraction of sp³-hybridized carbons (Fsp3) is 0.143.